The molecule has 7 heteroatoms. The monoisotopic (exact) mass is 216 g/mol. The van der Waals surface area contributed by atoms with Crippen LogP contribution < -0.4 is 5.32 Å². The predicted molar refractivity (Wildman–Crippen MR) is 56.1 cm³/mol. The molecule has 0 radical (unpaired) electrons. The van der Waals surface area contributed by atoms with Gasteiger partial charge in [-0.2, -0.15) is 5.21 Å². The fourth-order valence-electron chi connectivity index (χ4n) is 1.00. The van der Waals surface area contributed by atoms with E-state index in [0.717, 1.165) is 0 Å². The van der Waals surface area contributed by atoms with E-state index in [1.807, 2.05) is 6.07 Å². The summed E-state index contributed by atoms with van der Waals surface area (Å²) in [5, 5.41) is 15.1. The van der Waals surface area contributed by atoms with Crippen LogP contribution in [0.5, 0.6) is 0 Å². The van der Waals surface area contributed by atoms with E-state index in [4.69, 9.17) is 0 Å². The lowest BCUT2D eigenvalue weighted by molar-refractivity contribution is -0.111. The Morgan fingerprint density at radius 3 is 3.06 bits per heavy atom. The van der Waals surface area contributed by atoms with Crippen LogP contribution in [0.2, 0.25) is 0 Å². The zero-order valence-electron chi connectivity index (χ0n) is 8.16. The summed E-state index contributed by atoms with van der Waals surface area (Å²) >= 11 is 0. The van der Waals surface area contributed by atoms with Gasteiger partial charge in [-0.15, -0.1) is 5.10 Å². The SMILES string of the molecule is O=C(C=Cc1ccccn1)Nc1nn[nH]n1. The molecule has 2 N–H and O–H groups in total. The molecule has 0 saturated heterocycles. The normalized spacial score (nSPS) is 10.5. The first-order valence-electron chi connectivity index (χ1n) is 4.48. The number of H-pyrrole nitrogens is 1. The molecule has 2 heterocycles. The van der Waals surface area contributed by atoms with Crippen molar-refractivity contribution >= 4 is 17.9 Å². The van der Waals surface area contributed by atoms with Gasteiger partial charge in [-0.05, 0) is 23.4 Å². The Morgan fingerprint density at radius 2 is 2.38 bits per heavy atom. The molecule has 2 rings (SSSR count). The van der Waals surface area contributed by atoms with Crippen LogP contribution in [0, 0.1) is 0 Å². The van der Waals surface area contributed by atoms with Crippen LogP contribution >= 0.6 is 0 Å². The zero-order chi connectivity index (χ0) is 11.2. The van der Waals surface area contributed by atoms with Gasteiger partial charge in [0.2, 0.25) is 0 Å². The van der Waals surface area contributed by atoms with E-state index in [1.54, 1.807) is 24.4 Å². The maximum Gasteiger partial charge on any atom is 0.270 e. The van der Waals surface area contributed by atoms with Crippen molar-refractivity contribution in [2.75, 3.05) is 5.32 Å². The molecule has 0 bridgehead atoms. The van der Waals surface area contributed by atoms with Crippen molar-refractivity contribution in [2.45, 2.75) is 0 Å². The molecule has 0 aliphatic carbocycles. The number of hydrogen-bond donors (Lipinski definition) is 2. The Bertz CT molecular complexity index is 478. The van der Waals surface area contributed by atoms with Gasteiger partial charge in [0.1, 0.15) is 0 Å². The minimum Gasteiger partial charge on any atom is -0.288 e. The second-order valence-corrected chi connectivity index (χ2v) is 2.81. The van der Waals surface area contributed by atoms with Gasteiger partial charge < -0.3 is 0 Å². The molecule has 0 unspecified atom stereocenters. The maximum atomic E-state index is 11.3. The van der Waals surface area contributed by atoms with Gasteiger partial charge in [0.15, 0.2) is 0 Å². The van der Waals surface area contributed by atoms with Crippen LogP contribution in [-0.4, -0.2) is 31.5 Å². The number of carbonyl (C=O) groups excluding carboxylic acids is 1. The van der Waals surface area contributed by atoms with Crippen LogP contribution in [0.4, 0.5) is 5.95 Å². The molecule has 0 fully saturated rings. The van der Waals surface area contributed by atoms with E-state index in [9.17, 15) is 4.79 Å². The standard InChI is InChI=1S/C9H8N6O/c16-8(11-9-12-14-15-13-9)5-4-7-3-1-2-6-10-7/h1-6H,(H2,11,12,13,14,15,16). The molecule has 16 heavy (non-hydrogen) atoms. The van der Waals surface area contributed by atoms with Gasteiger partial charge >= 0.3 is 0 Å². The molecule has 0 aliphatic heterocycles. The minimum atomic E-state index is -0.341. The smallest absolute Gasteiger partial charge is 0.270 e. The largest absolute Gasteiger partial charge is 0.288 e. The number of carbonyl (C=O) groups is 1. The van der Waals surface area contributed by atoms with Crippen molar-refractivity contribution in [3.8, 4) is 0 Å². The Labute approximate surface area is 90.6 Å². The van der Waals surface area contributed by atoms with Gasteiger partial charge in [0.25, 0.3) is 11.9 Å². The van der Waals surface area contributed by atoms with Crippen molar-refractivity contribution in [1.82, 2.24) is 25.6 Å². The van der Waals surface area contributed by atoms with Gasteiger partial charge in [0.05, 0.1) is 5.69 Å². The maximum absolute atomic E-state index is 11.3. The Morgan fingerprint density at radius 1 is 1.44 bits per heavy atom. The van der Waals surface area contributed by atoms with Crippen molar-refractivity contribution < 1.29 is 4.79 Å². The quantitative estimate of drug-likeness (QED) is 0.716. The first kappa shape index (κ1) is 9.97. The molecule has 0 aromatic carbocycles. The molecule has 0 aliphatic rings. The van der Waals surface area contributed by atoms with E-state index in [1.165, 1.54) is 6.08 Å². The number of aromatic amines is 1. The third-order valence-electron chi connectivity index (χ3n) is 1.67. The van der Waals surface area contributed by atoms with Crippen LogP contribution in [0.15, 0.2) is 30.5 Å². The lowest BCUT2D eigenvalue weighted by Crippen LogP contribution is -2.09. The number of nitrogens with zero attached hydrogens (tertiary/aromatic N) is 4. The summed E-state index contributed by atoms with van der Waals surface area (Å²) in [6, 6.07) is 5.43. The van der Waals surface area contributed by atoms with Crippen LogP contribution in [0.25, 0.3) is 6.08 Å². The highest BCUT2D eigenvalue weighted by molar-refractivity contribution is 6.00. The summed E-state index contributed by atoms with van der Waals surface area (Å²) in [5.74, 6) is -0.206. The van der Waals surface area contributed by atoms with Gasteiger partial charge in [-0.1, -0.05) is 11.2 Å². The number of hydrogen-bond acceptors (Lipinski definition) is 5. The predicted octanol–water partition coefficient (Wildman–Crippen LogP) is 0.247. The minimum absolute atomic E-state index is 0.135. The molecule has 7 nitrogen and oxygen atoms in total. The Kier molecular flexibility index (Phi) is 2.98. The lowest BCUT2D eigenvalue weighted by Gasteiger charge is -1.93. The third kappa shape index (κ3) is 2.71. The van der Waals surface area contributed by atoms with Gasteiger partial charge in [-0.25, -0.2) is 0 Å². The molecule has 0 saturated carbocycles. The first-order chi connectivity index (χ1) is 7.84. The number of amides is 1. The zero-order valence-corrected chi connectivity index (χ0v) is 8.16. The highest BCUT2D eigenvalue weighted by Gasteiger charge is 2.00. The topological polar surface area (TPSA) is 96.5 Å². The number of pyridine rings is 1. The number of rotatable bonds is 3. The molecule has 80 valence electrons. The molecule has 0 spiro atoms. The summed E-state index contributed by atoms with van der Waals surface area (Å²) in [6.45, 7) is 0. The van der Waals surface area contributed by atoms with Crippen molar-refractivity contribution in [3.05, 3.63) is 36.2 Å². The molecule has 1 amide bonds. The van der Waals surface area contributed by atoms with Crippen LogP contribution in [0.3, 0.4) is 0 Å². The molecule has 2 aromatic rings. The van der Waals surface area contributed by atoms with Crippen LogP contribution in [-0.2, 0) is 4.79 Å². The van der Waals surface area contributed by atoms with E-state index >= 15 is 0 Å². The van der Waals surface area contributed by atoms with Gasteiger partial charge in [-0.3, -0.25) is 15.1 Å². The van der Waals surface area contributed by atoms with Crippen molar-refractivity contribution in [2.24, 2.45) is 0 Å². The fourth-order valence-corrected chi connectivity index (χ4v) is 1.00. The average Bonchev–Trinajstić information content (AvgIpc) is 2.81. The summed E-state index contributed by atoms with van der Waals surface area (Å²) in [7, 11) is 0. The summed E-state index contributed by atoms with van der Waals surface area (Å²) in [6.07, 6.45) is 4.59. The third-order valence-corrected chi connectivity index (χ3v) is 1.67. The summed E-state index contributed by atoms with van der Waals surface area (Å²) in [4.78, 5) is 15.4. The number of anilines is 1. The Hall–Kier alpha value is -2.57. The van der Waals surface area contributed by atoms with E-state index in [-0.39, 0.29) is 11.9 Å². The van der Waals surface area contributed by atoms with Crippen molar-refractivity contribution in [3.63, 3.8) is 0 Å². The molecule has 0 atom stereocenters. The van der Waals surface area contributed by atoms with Crippen molar-refractivity contribution in [1.29, 1.82) is 0 Å². The highest BCUT2D eigenvalue weighted by Crippen LogP contribution is 1.97. The second kappa shape index (κ2) is 4.78. The number of aromatic nitrogens is 5. The summed E-state index contributed by atoms with van der Waals surface area (Å²) < 4.78 is 0. The molecular weight excluding hydrogens is 208 g/mol. The van der Waals surface area contributed by atoms with Gasteiger partial charge in [0, 0.05) is 12.3 Å². The lowest BCUT2D eigenvalue weighted by atomic mass is 10.3. The van der Waals surface area contributed by atoms with E-state index in [0.29, 0.717) is 5.69 Å². The number of tetrazole rings is 1. The molecular formula is C9H8N6O. The fraction of sp³-hybridized carbons (Fsp3) is 0. The second-order valence-electron chi connectivity index (χ2n) is 2.81. The Balaban J connectivity index is 1.95. The summed E-state index contributed by atoms with van der Waals surface area (Å²) in [5.41, 5.74) is 0.700. The number of nitrogens with one attached hydrogen (secondary N) is 2. The van der Waals surface area contributed by atoms with E-state index in [2.05, 4.69) is 30.9 Å². The first-order valence-corrected chi connectivity index (χ1v) is 4.48. The molecule has 2 aromatic heterocycles. The average molecular weight is 216 g/mol. The van der Waals surface area contributed by atoms with Crippen LogP contribution in [0.1, 0.15) is 5.69 Å². The highest BCUT2D eigenvalue weighted by atomic mass is 16.1. The van der Waals surface area contributed by atoms with E-state index < -0.39 is 0 Å².